The Morgan fingerprint density at radius 1 is 1.50 bits per heavy atom. The van der Waals surface area contributed by atoms with Gasteiger partial charge in [-0.3, -0.25) is 9.78 Å². The molecule has 1 aromatic rings. The third-order valence-electron chi connectivity index (χ3n) is 2.45. The Kier molecular flexibility index (Phi) is 5.12. The van der Waals surface area contributed by atoms with E-state index >= 15 is 0 Å². The van der Waals surface area contributed by atoms with Crippen LogP contribution in [0.2, 0.25) is 0 Å². The zero-order chi connectivity index (χ0) is 12.0. The monoisotopic (exact) mass is 220 g/mol. The van der Waals surface area contributed by atoms with Crippen molar-refractivity contribution in [1.29, 1.82) is 0 Å². The normalized spacial score (nSPS) is 12.8. The van der Waals surface area contributed by atoms with E-state index in [1.165, 1.54) is 0 Å². The summed E-state index contributed by atoms with van der Waals surface area (Å²) in [7, 11) is 0. The van der Waals surface area contributed by atoms with Crippen LogP contribution in [-0.2, 0) is 4.79 Å². The number of Topliss-reactive ketones (excluding diaryl/α,β-unsaturated/α-hetero) is 1. The van der Waals surface area contributed by atoms with Gasteiger partial charge in [0.15, 0.2) is 0 Å². The first kappa shape index (κ1) is 12.8. The van der Waals surface area contributed by atoms with Crippen molar-refractivity contribution in [1.82, 2.24) is 10.3 Å². The summed E-state index contributed by atoms with van der Waals surface area (Å²) >= 11 is 0. The lowest BCUT2D eigenvalue weighted by Crippen LogP contribution is -2.29. The molecule has 0 aliphatic heterocycles. The van der Waals surface area contributed by atoms with Gasteiger partial charge >= 0.3 is 0 Å². The van der Waals surface area contributed by atoms with E-state index in [1.54, 1.807) is 6.20 Å². The third kappa shape index (κ3) is 4.11. The summed E-state index contributed by atoms with van der Waals surface area (Å²) < 4.78 is 0. The van der Waals surface area contributed by atoms with Crippen molar-refractivity contribution in [2.75, 3.05) is 0 Å². The highest BCUT2D eigenvalue weighted by Crippen LogP contribution is 2.17. The fraction of sp³-hybridized carbons (Fsp3) is 0.538. The van der Waals surface area contributed by atoms with Gasteiger partial charge in [-0.15, -0.1) is 0 Å². The quantitative estimate of drug-likeness (QED) is 0.801. The van der Waals surface area contributed by atoms with Crippen molar-refractivity contribution in [2.45, 2.75) is 45.7 Å². The highest BCUT2D eigenvalue weighted by molar-refractivity contribution is 5.78. The number of nitrogens with zero attached hydrogens (tertiary/aromatic N) is 1. The molecular formula is C13H20N2O. The zero-order valence-corrected chi connectivity index (χ0v) is 10.2. The SMILES string of the molecule is CCC(=O)CC(NC(C)C)c1cccnc1. The smallest absolute Gasteiger partial charge is 0.134 e. The predicted molar refractivity (Wildman–Crippen MR) is 65.2 cm³/mol. The topological polar surface area (TPSA) is 42.0 Å². The molecule has 0 radical (unpaired) electrons. The number of hydrogen-bond donors (Lipinski definition) is 1. The standard InChI is InChI=1S/C13H20N2O/c1-4-12(16)8-13(15-10(2)3)11-6-5-7-14-9-11/h5-7,9-10,13,15H,4,8H2,1-3H3. The highest BCUT2D eigenvalue weighted by Gasteiger charge is 2.15. The molecule has 0 saturated heterocycles. The lowest BCUT2D eigenvalue weighted by atomic mass is 10.0. The molecule has 1 rings (SSSR count). The molecule has 88 valence electrons. The molecule has 3 heteroatoms. The van der Waals surface area contributed by atoms with Gasteiger partial charge in [0.05, 0.1) is 0 Å². The molecule has 0 fully saturated rings. The number of ketones is 1. The van der Waals surface area contributed by atoms with Crippen LogP contribution in [0.25, 0.3) is 0 Å². The van der Waals surface area contributed by atoms with Crippen LogP contribution in [0.5, 0.6) is 0 Å². The number of carbonyl (C=O) groups is 1. The van der Waals surface area contributed by atoms with Gasteiger partial charge in [0, 0.05) is 37.3 Å². The van der Waals surface area contributed by atoms with Crippen molar-refractivity contribution < 1.29 is 4.79 Å². The molecule has 0 bridgehead atoms. The van der Waals surface area contributed by atoms with Crippen LogP contribution >= 0.6 is 0 Å². The second kappa shape index (κ2) is 6.38. The molecule has 0 saturated carbocycles. The largest absolute Gasteiger partial charge is 0.307 e. The average molecular weight is 220 g/mol. The fourth-order valence-corrected chi connectivity index (χ4v) is 1.63. The molecule has 1 atom stereocenters. The number of rotatable bonds is 6. The van der Waals surface area contributed by atoms with Gasteiger partial charge in [0.1, 0.15) is 5.78 Å². The first-order chi connectivity index (χ1) is 7.63. The van der Waals surface area contributed by atoms with Gasteiger partial charge in [0.2, 0.25) is 0 Å². The van der Waals surface area contributed by atoms with Gasteiger partial charge in [-0.05, 0) is 11.6 Å². The van der Waals surface area contributed by atoms with Crippen LogP contribution in [0, 0.1) is 0 Å². The lowest BCUT2D eigenvalue weighted by molar-refractivity contribution is -0.119. The van der Waals surface area contributed by atoms with Crippen LogP contribution in [-0.4, -0.2) is 16.8 Å². The first-order valence-corrected chi connectivity index (χ1v) is 5.81. The van der Waals surface area contributed by atoms with Gasteiger partial charge in [-0.1, -0.05) is 26.8 Å². The Morgan fingerprint density at radius 2 is 2.25 bits per heavy atom. The maximum atomic E-state index is 11.5. The predicted octanol–water partition coefficient (Wildman–Crippen LogP) is 2.49. The summed E-state index contributed by atoms with van der Waals surface area (Å²) in [5, 5.41) is 3.40. The van der Waals surface area contributed by atoms with E-state index in [0.29, 0.717) is 18.9 Å². The Bertz CT molecular complexity index is 322. The molecule has 1 N–H and O–H groups in total. The third-order valence-corrected chi connectivity index (χ3v) is 2.45. The molecule has 1 unspecified atom stereocenters. The molecular weight excluding hydrogens is 200 g/mol. The molecule has 0 aliphatic rings. The summed E-state index contributed by atoms with van der Waals surface area (Å²) in [5.74, 6) is 0.280. The van der Waals surface area contributed by atoms with Gasteiger partial charge < -0.3 is 5.32 Å². The average Bonchev–Trinajstić information content (AvgIpc) is 2.28. The molecule has 0 spiro atoms. The van der Waals surface area contributed by atoms with E-state index < -0.39 is 0 Å². The second-order valence-electron chi connectivity index (χ2n) is 4.26. The number of carbonyl (C=O) groups excluding carboxylic acids is 1. The fourth-order valence-electron chi connectivity index (χ4n) is 1.63. The minimum Gasteiger partial charge on any atom is -0.307 e. The van der Waals surface area contributed by atoms with Crippen molar-refractivity contribution in [3.05, 3.63) is 30.1 Å². The number of hydrogen-bond acceptors (Lipinski definition) is 3. The van der Waals surface area contributed by atoms with E-state index in [0.717, 1.165) is 5.56 Å². The first-order valence-electron chi connectivity index (χ1n) is 5.81. The summed E-state index contributed by atoms with van der Waals surface area (Å²) in [6, 6.07) is 4.35. The van der Waals surface area contributed by atoms with Crippen molar-refractivity contribution in [3.63, 3.8) is 0 Å². The van der Waals surface area contributed by atoms with Crippen LogP contribution in [0.1, 0.15) is 45.2 Å². The van der Waals surface area contributed by atoms with Crippen molar-refractivity contribution in [3.8, 4) is 0 Å². The molecule has 0 aliphatic carbocycles. The minimum absolute atomic E-state index is 0.0844. The Balaban J connectivity index is 2.75. The van der Waals surface area contributed by atoms with Crippen LogP contribution in [0.3, 0.4) is 0 Å². The number of aromatic nitrogens is 1. The molecule has 1 heterocycles. The number of nitrogens with one attached hydrogen (secondary N) is 1. The van der Waals surface area contributed by atoms with Gasteiger partial charge in [-0.2, -0.15) is 0 Å². The van der Waals surface area contributed by atoms with Crippen LogP contribution < -0.4 is 5.32 Å². The Hall–Kier alpha value is -1.22. The molecule has 16 heavy (non-hydrogen) atoms. The lowest BCUT2D eigenvalue weighted by Gasteiger charge is -2.20. The van der Waals surface area contributed by atoms with E-state index in [2.05, 4.69) is 24.1 Å². The summed E-state index contributed by atoms with van der Waals surface area (Å²) in [4.78, 5) is 15.6. The number of pyridine rings is 1. The van der Waals surface area contributed by atoms with E-state index in [9.17, 15) is 4.79 Å². The van der Waals surface area contributed by atoms with Crippen LogP contribution in [0.15, 0.2) is 24.5 Å². The van der Waals surface area contributed by atoms with Crippen molar-refractivity contribution >= 4 is 5.78 Å². The minimum atomic E-state index is 0.0844. The Morgan fingerprint density at radius 3 is 2.75 bits per heavy atom. The van der Waals surface area contributed by atoms with Gasteiger partial charge in [-0.25, -0.2) is 0 Å². The summed E-state index contributed by atoms with van der Waals surface area (Å²) in [6.45, 7) is 6.07. The second-order valence-corrected chi connectivity index (χ2v) is 4.26. The molecule has 0 aromatic carbocycles. The van der Waals surface area contributed by atoms with E-state index in [4.69, 9.17) is 0 Å². The molecule has 0 amide bonds. The van der Waals surface area contributed by atoms with Crippen LogP contribution in [0.4, 0.5) is 0 Å². The highest BCUT2D eigenvalue weighted by atomic mass is 16.1. The van der Waals surface area contributed by atoms with Crippen molar-refractivity contribution in [2.24, 2.45) is 0 Å². The van der Waals surface area contributed by atoms with E-state index in [-0.39, 0.29) is 11.8 Å². The summed E-state index contributed by atoms with van der Waals surface area (Å²) in [6.07, 6.45) is 4.71. The Labute approximate surface area is 97.3 Å². The molecule has 1 aromatic heterocycles. The molecule has 3 nitrogen and oxygen atoms in total. The summed E-state index contributed by atoms with van der Waals surface area (Å²) in [5.41, 5.74) is 1.08. The zero-order valence-electron chi connectivity index (χ0n) is 10.2. The maximum Gasteiger partial charge on any atom is 0.134 e. The van der Waals surface area contributed by atoms with E-state index in [1.807, 2.05) is 25.3 Å². The van der Waals surface area contributed by atoms with Gasteiger partial charge in [0.25, 0.3) is 0 Å². The maximum absolute atomic E-state index is 11.5.